The van der Waals surface area contributed by atoms with Crippen LogP contribution in [0.1, 0.15) is 18.2 Å². The molecule has 6 nitrogen and oxygen atoms in total. The van der Waals surface area contributed by atoms with Gasteiger partial charge in [0.25, 0.3) is 5.91 Å². The highest BCUT2D eigenvalue weighted by molar-refractivity contribution is 5.95. The van der Waals surface area contributed by atoms with Crippen LogP contribution < -0.4 is 10.1 Å². The van der Waals surface area contributed by atoms with Crippen LogP contribution in [-0.2, 0) is 16.1 Å². The SMILES string of the molecule is Cc1ccc(OC(C)C(=O)N(CC(=O)Nc2ccccc2)Cc2ccco2)cc1. The number of anilines is 1. The van der Waals surface area contributed by atoms with Crippen LogP contribution in [0, 0.1) is 6.92 Å². The second-order valence-corrected chi connectivity index (χ2v) is 6.76. The summed E-state index contributed by atoms with van der Waals surface area (Å²) in [5.74, 6) is 0.598. The van der Waals surface area contributed by atoms with E-state index in [0.717, 1.165) is 5.56 Å². The standard InChI is InChI=1S/C23H24N2O4/c1-17-10-12-20(13-11-17)29-18(2)23(27)25(15-21-9-6-14-28-21)16-22(26)24-19-7-4-3-5-8-19/h3-14,18H,15-16H2,1-2H3,(H,24,26). The third-order valence-electron chi connectivity index (χ3n) is 4.31. The largest absolute Gasteiger partial charge is 0.481 e. The molecule has 0 saturated heterocycles. The molecule has 150 valence electrons. The summed E-state index contributed by atoms with van der Waals surface area (Å²) in [7, 11) is 0. The van der Waals surface area contributed by atoms with Crippen molar-refractivity contribution in [3.8, 4) is 5.75 Å². The molecule has 0 radical (unpaired) electrons. The number of nitrogens with zero attached hydrogens (tertiary/aromatic N) is 1. The molecular weight excluding hydrogens is 368 g/mol. The van der Waals surface area contributed by atoms with Crippen molar-refractivity contribution >= 4 is 17.5 Å². The molecule has 1 N–H and O–H groups in total. The van der Waals surface area contributed by atoms with E-state index in [1.807, 2.05) is 49.4 Å². The van der Waals surface area contributed by atoms with Gasteiger partial charge in [-0.3, -0.25) is 9.59 Å². The minimum atomic E-state index is -0.753. The van der Waals surface area contributed by atoms with Gasteiger partial charge in [-0.05, 0) is 50.2 Å². The predicted octanol–water partition coefficient (Wildman–Crippen LogP) is 4.02. The van der Waals surface area contributed by atoms with Crippen LogP contribution in [-0.4, -0.2) is 29.4 Å². The first-order valence-electron chi connectivity index (χ1n) is 9.40. The molecule has 1 unspecified atom stereocenters. The lowest BCUT2D eigenvalue weighted by Gasteiger charge is -2.25. The molecule has 0 aliphatic heterocycles. The smallest absolute Gasteiger partial charge is 0.264 e. The quantitative estimate of drug-likeness (QED) is 0.628. The van der Waals surface area contributed by atoms with Gasteiger partial charge in [0, 0.05) is 5.69 Å². The van der Waals surface area contributed by atoms with Crippen molar-refractivity contribution in [3.05, 3.63) is 84.3 Å². The van der Waals surface area contributed by atoms with Crippen LogP contribution in [0.4, 0.5) is 5.69 Å². The van der Waals surface area contributed by atoms with Crippen molar-refractivity contribution in [1.29, 1.82) is 0 Å². The number of aryl methyl sites for hydroxylation is 1. The molecule has 29 heavy (non-hydrogen) atoms. The fourth-order valence-electron chi connectivity index (χ4n) is 2.83. The summed E-state index contributed by atoms with van der Waals surface area (Å²) >= 11 is 0. The van der Waals surface area contributed by atoms with E-state index < -0.39 is 6.10 Å². The van der Waals surface area contributed by atoms with Gasteiger partial charge in [-0.15, -0.1) is 0 Å². The number of carbonyl (C=O) groups is 2. The van der Waals surface area contributed by atoms with Crippen LogP contribution >= 0.6 is 0 Å². The lowest BCUT2D eigenvalue weighted by molar-refractivity contribution is -0.141. The Hall–Kier alpha value is -3.54. The lowest BCUT2D eigenvalue weighted by atomic mass is 10.2. The first-order chi connectivity index (χ1) is 14.0. The molecule has 0 aliphatic carbocycles. The molecular formula is C23H24N2O4. The summed E-state index contributed by atoms with van der Waals surface area (Å²) in [4.78, 5) is 26.9. The van der Waals surface area contributed by atoms with Crippen molar-refractivity contribution in [2.24, 2.45) is 0 Å². The second kappa shape index (κ2) is 9.59. The van der Waals surface area contributed by atoms with Crippen LogP contribution in [0.3, 0.4) is 0 Å². The Balaban J connectivity index is 1.68. The van der Waals surface area contributed by atoms with Gasteiger partial charge >= 0.3 is 0 Å². The molecule has 1 heterocycles. The molecule has 0 fully saturated rings. The first-order valence-corrected chi connectivity index (χ1v) is 9.40. The zero-order chi connectivity index (χ0) is 20.6. The van der Waals surface area contributed by atoms with E-state index in [-0.39, 0.29) is 24.9 Å². The maximum atomic E-state index is 13.0. The Labute approximate surface area is 170 Å². The summed E-state index contributed by atoms with van der Waals surface area (Å²) in [6.07, 6.45) is 0.783. The van der Waals surface area contributed by atoms with E-state index in [2.05, 4.69) is 5.32 Å². The third kappa shape index (κ3) is 5.97. The van der Waals surface area contributed by atoms with Gasteiger partial charge < -0.3 is 19.4 Å². The number of nitrogens with one attached hydrogen (secondary N) is 1. The highest BCUT2D eigenvalue weighted by Gasteiger charge is 2.25. The molecule has 3 rings (SSSR count). The summed E-state index contributed by atoms with van der Waals surface area (Å²) in [6.45, 7) is 3.72. The lowest BCUT2D eigenvalue weighted by Crippen LogP contribution is -2.43. The first kappa shape index (κ1) is 20.2. The number of para-hydroxylation sites is 1. The average Bonchev–Trinajstić information content (AvgIpc) is 3.22. The Morgan fingerprint density at radius 2 is 1.76 bits per heavy atom. The van der Waals surface area contributed by atoms with Crippen molar-refractivity contribution in [2.75, 3.05) is 11.9 Å². The van der Waals surface area contributed by atoms with Crippen molar-refractivity contribution in [3.63, 3.8) is 0 Å². The number of benzene rings is 2. The zero-order valence-electron chi connectivity index (χ0n) is 16.5. The minimum absolute atomic E-state index is 0.115. The number of rotatable bonds is 8. The molecule has 6 heteroatoms. The van der Waals surface area contributed by atoms with Gasteiger partial charge in [-0.25, -0.2) is 0 Å². The number of furan rings is 1. The van der Waals surface area contributed by atoms with Crippen molar-refractivity contribution in [1.82, 2.24) is 4.90 Å². The second-order valence-electron chi connectivity index (χ2n) is 6.76. The number of ether oxygens (including phenoxy) is 1. The fourth-order valence-corrected chi connectivity index (χ4v) is 2.83. The molecule has 1 atom stereocenters. The maximum Gasteiger partial charge on any atom is 0.264 e. The predicted molar refractivity (Wildman–Crippen MR) is 110 cm³/mol. The van der Waals surface area contributed by atoms with Crippen LogP contribution in [0.15, 0.2) is 77.4 Å². The summed E-state index contributed by atoms with van der Waals surface area (Å²) in [5.41, 5.74) is 1.78. The van der Waals surface area contributed by atoms with Gasteiger partial charge in [0.15, 0.2) is 6.10 Å². The van der Waals surface area contributed by atoms with E-state index in [4.69, 9.17) is 9.15 Å². The van der Waals surface area contributed by atoms with E-state index in [1.54, 1.807) is 31.2 Å². The Morgan fingerprint density at radius 3 is 2.41 bits per heavy atom. The van der Waals surface area contributed by atoms with Crippen molar-refractivity contribution < 1.29 is 18.7 Å². The van der Waals surface area contributed by atoms with Crippen LogP contribution in [0.2, 0.25) is 0 Å². The number of carbonyl (C=O) groups excluding carboxylic acids is 2. The normalized spacial score (nSPS) is 11.5. The molecule has 0 aliphatic rings. The third-order valence-corrected chi connectivity index (χ3v) is 4.31. The van der Waals surface area contributed by atoms with E-state index in [9.17, 15) is 9.59 Å². The highest BCUT2D eigenvalue weighted by Crippen LogP contribution is 2.16. The van der Waals surface area contributed by atoms with Gasteiger partial charge in [0.2, 0.25) is 5.91 Å². The topological polar surface area (TPSA) is 71.8 Å². The molecule has 3 aromatic rings. The van der Waals surface area contributed by atoms with Gasteiger partial charge in [-0.2, -0.15) is 0 Å². The Morgan fingerprint density at radius 1 is 1.03 bits per heavy atom. The van der Waals surface area contributed by atoms with E-state index in [1.165, 1.54) is 11.2 Å². The number of hydrogen-bond donors (Lipinski definition) is 1. The Kier molecular flexibility index (Phi) is 6.68. The molecule has 0 saturated carbocycles. The zero-order valence-corrected chi connectivity index (χ0v) is 16.5. The molecule has 0 bridgehead atoms. The van der Waals surface area contributed by atoms with Gasteiger partial charge in [-0.1, -0.05) is 35.9 Å². The van der Waals surface area contributed by atoms with Gasteiger partial charge in [0.1, 0.15) is 18.1 Å². The van der Waals surface area contributed by atoms with E-state index in [0.29, 0.717) is 17.2 Å². The Bertz CT molecular complexity index is 921. The van der Waals surface area contributed by atoms with E-state index >= 15 is 0 Å². The molecule has 0 spiro atoms. The average molecular weight is 392 g/mol. The van der Waals surface area contributed by atoms with Gasteiger partial charge in [0.05, 0.1) is 12.8 Å². The van der Waals surface area contributed by atoms with Crippen LogP contribution in [0.5, 0.6) is 5.75 Å². The maximum absolute atomic E-state index is 13.0. The van der Waals surface area contributed by atoms with Crippen molar-refractivity contribution in [2.45, 2.75) is 26.5 Å². The molecule has 2 aromatic carbocycles. The molecule has 2 amide bonds. The fraction of sp³-hybridized carbons (Fsp3) is 0.217. The summed E-state index contributed by atoms with van der Waals surface area (Å²) in [5, 5.41) is 2.80. The number of amides is 2. The van der Waals surface area contributed by atoms with Crippen LogP contribution in [0.25, 0.3) is 0 Å². The summed E-state index contributed by atoms with van der Waals surface area (Å²) in [6, 6.07) is 20.1. The monoisotopic (exact) mass is 392 g/mol. The summed E-state index contributed by atoms with van der Waals surface area (Å²) < 4.78 is 11.1. The number of hydrogen-bond acceptors (Lipinski definition) is 4. The minimum Gasteiger partial charge on any atom is -0.481 e. The highest BCUT2D eigenvalue weighted by atomic mass is 16.5. The molecule has 1 aromatic heterocycles.